The van der Waals surface area contributed by atoms with Gasteiger partial charge >= 0.3 is 0 Å². The first-order chi connectivity index (χ1) is 15.0. The van der Waals surface area contributed by atoms with Crippen molar-refractivity contribution >= 4 is 11.9 Å². The van der Waals surface area contributed by atoms with Crippen LogP contribution in [0.2, 0.25) is 0 Å². The third kappa shape index (κ3) is 3.64. The van der Waals surface area contributed by atoms with Crippen molar-refractivity contribution in [2.75, 3.05) is 32.1 Å². The minimum Gasteiger partial charge on any atom is -0.376 e. The topological polar surface area (TPSA) is 126 Å². The minimum absolute atomic E-state index is 0.121. The second-order valence-electron chi connectivity index (χ2n) is 7.75. The molecule has 2 fully saturated rings. The Morgan fingerprint density at radius 1 is 1.23 bits per heavy atom. The zero-order valence-electron chi connectivity index (χ0n) is 17.0. The van der Waals surface area contributed by atoms with Crippen LogP contribution in [0.15, 0.2) is 41.1 Å². The van der Waals surface area contributed by atoms with Crippen molar-refractivity contribution < 1.29 is 19.2 Å². The molecule has 5 rings (SSSR count). The molecular weight excluding hydrogens is 400 g/mol. The van der Waals surface area contributed by atoms with E-state index in [-0.39, 0.29) is 18.3 Å². The summed E-state index contributed by atoms with van der Waals surface area (Å²) < 4.78 is 10.7. The van der Waals surface area contributed by atoms with Gasteiger partial charge in [-0.1, -0.05) is 11.2 Å². The fourth-order valence-electron chi connectivity index (χ4n) is 3.63. The molecule has 0 bridgehead atoms. The van der Waals surface area contributed by atoms with E-state index in [0.717, 1.165) is 13.0 Å². The first kappa shape index (κ1) is 19.6. The summed E-state index contributed by atoms with van der Waals surface area (Å²) >= 11 is 0. The van der Waals surface area contributed by atoms with Gasteiger partial charge in [0.1, 0.15) is 5.69 Å². The second kappa shape index (κ2) is 7.71. The monoisotopic (exact) mass is 422 g/mol. The van der Waals surface area contributed by atoms with Crippen LogP contribution < -0.4 is 5.32 Å². The Morgan fingerprint density at radius 2 is 2.00 bits per heavy atom. The van der Waals surface area contributed by atoms with Gasteiger partial charge in [-0.2, -0.15) is 0 Å². The Morgan fingerprint density at radius 3 is 2.71 bits per heavy atom. The Kier molecular flexibility index (Phi) is 4.87. The number of anilines is 1. The normalized spacial score (nSPS) is 23.1. The third-order valence-electron chi connectivity index (χ3n) is 5.64. The van der Waals surface area contributed by atoms with Gasteiger partial charge in [0.25, 0.3) is 5.91 Å². The lowest BCUT2D eigenvalue weighted by atomic mass is 9.98. The zero-order chi connectivity index (χ0) is 21.4. The molecule has 31 heavy (non-hydrogen) atoms. The Bertz CT molecular complexity index is 1110. The van der Waals surface area contributed by atoms with Crippen molar-refractivity contribution in [2.45, 2.75) is 24.5 Å². The molecule has 3 aromatic rings. The van der Waals surface area contributed by atoms with Crippen molar-refractivity contribution in [3.05, 3.63) is 42.3 Å². The summed E-state index contributed by atoms with van der Waals surface area (Å²) in [5.41, 5.74) is 0.592. The van der Waals surface area contributed by atoms with Crippen LogP contribution in [0.5, 0.6) is 0 Å². The molecular formula is C21H22N6O4. The van der Waals surface area contributed by atoms with Crippen molar-refractivity contribution in [1.29, 1.82) is 0 Å². The molecule has 0 aromatic carbocycles. The number of carbonyl (C=O) groups is 1. The number of carbonyl (C=O) groups excluding carboxylic acids is 1. The lowest BCUT2D eigenvalue weighted by molar-refractivity contribution is -0.144. The number of likely N-dealkylation sites (tertiary alicyclic amines) is 1. The highest BCUT2D eigenvalue weighted by Gasteiger charge is 2.48. The molecule has 2 aliphatic rings. The van der Waals surface area contributed by atoms with Crippen molar-refractivity contribution in [3.63, 3.8) is 0 Å². The first-order valence-corrected chi connectivity index (χ1v) is 10.1. The van der Waals surface area contributed by atoms with Gasteiger partial charge in [0, 0.05) is 45.4 Å². The quantitative estimate of drug-likeness (QED) is 0.607. The number of aromatic nitrogens is 4. The number of nitrogens with one attached hydrogen (secondary N) is 1. The zero-order valence-corrected chi connectivity index (χ0v) is 17.0. The smallest absolute Gasteiger partial charge is 0.262 e. The van der Waals surface area contributed by atoms with Gasteiger partial charge < -0.3 is 24.6 Å². The second-order valence-corrected chi connectivity index (χ2v) is 7.75. The highest BCUT2D eigenvalue weighted by molar-refractivity contribution is 5.87. The average Bonchev–Trinajstić information content (AvgIpc) is 3.36. The summed E-state index contributed by atoms with van der Waals surface area (Å²) in [7, 11) is 1.65. The van der Waals surface area contributed by atoms with E-state index < -0.39 is 11.5 Å². The van der Waals surface area contributed by atoms with Gasteiger partial charge in [0.2, 0.25) is 11.5 Å². The Hall–Kier alpha value is -3.37. The summed E-state index contributed by atoms with van der Waals surface area (Å²) in [6, 6.07) is 8.81. The number of hydrogen-bond donors (Lipinski definition) is 2. The van der Waals surface area contributed by atoms with Crippen LogP contribution >= 0.6 is 0 Å². The van der Waals surface area contributed by atoms with E-state index in [9.17, 15) is 9.90 Å². The summed E-state index contributed by atoms with van der Waals surface area (Å²) in [6.07, 6.45) is 3.17. The molecule has 0 aliphatic carbocycles. The number of amides is 1. The number of likely N-dealkylation sites (N-methyl/N-ethyl adjacent to an activating group) is 1. The first-order valence-electron chi connectivity index (χ1n) is 10.1. The largest absolute Gasteiger partial charge is 0.376 e. The maximum atomic E-state index is 12.3. The van der Waals surface area contributed by atoms with Gasteiger partial charge in [0.05, 0.1) is 23.2 Å². The van der Waals surface area contributed by atoms with Gasteiger partial charge in [-0.15, -0.1) is 0 Å². The predicted octanol–water partition coefficient (Wildman–Crippen LogP) is 1.44. The van der Waals surface area contributed by atoms with Crippen molar-refractivity contribution in [1.82, 2.24) is 25.0 Å². The van der Waals surface area contributed by atoms with Crippen LogP contribution in [-0.4, -0.2) is 68.9 Å². The molecule has 3 aromatic heterocycles. The number of rotatable bonds is 6. The van der Waals surface area contributed by atoms with Gasteiger partial charge in [0.15, 0.2) is 5.76 Å². The van der Waals surface area contributed by atoms with Crippen LogP contribution in [0, 0.1) is 0 Å². The van der Waals surface area contributed by atoms with Crippen molar-refractivity contribution in [3.8, 4) is 22.8 Å². The van der Waals surface area contributed by atoms with E-state index in [0.29, 0.717) is 41.8 Å². The minimum atomic E-state index is -1.69. The van der Waals surface area contributed by atoms with Crippen molar-refractivity contribution in [2.24, 2.45) is 0 Å². The predicted molar refractivity (Wildman–Crippen MR) is 110 cm³/mol. The number of nitrogens with zero attached hydrogens (tertiary/aromatic N) is 5. The third-order valence-corrected chi connectivity index (χ3v) is 5.64. The van der Waals surface area contributed by atoms with E-state index in [2.05, 4.69) is 25.4 Å². The van der Waals surface area contributed by atoms with Crippen LogP contribution in [0.3, 0.4) is 0 Å². The molecule has 5 heterocycles. The van der Waals surface area contributed by atoms with Gasteiger partial charge in [-0.25, -0.2) is 15.0 Å². The molecule has 10 nitrogen and oxygen atoms in total. The molecule has 0 spiro atoms. The molecule has 2 atom stereocenters. The summed E-state index contributed by atoms with van der Waals surface area (Å²) in [4.78, 5) is 27.2. The summed E-state index contributed by atoms with van der Waals surface area (Å²) in [6.45, 7) is 1.92. The summed E-state index contributed by atoms with van der Waals surface area (Å²) in [5, 5.41) is 18.0. The fraction of sp³-hybridized carbons (Fsp3) is 0.381. The fourth-order valence-corrected chi connectivity index (χ4v) is 3.63. The van der Waals surface area contributed by atoms with Crippen LogP contribution in [0.25, 0.3) is 22.8 Å². The highest BCUT2D eigenvalue weighted by atomic mass is 16.5. The number of pyridine rings is 1. The molecule has 2 saturated heterocycles. The van der Waals surface area contributed by atoms with Gasteiger partial charge in [-0.05, 0) is 24.6 Å². The molecule has 0 radical (unpaired) electrons. The number of ether oxygens (including phenoxy) is 1. The molecule has 2 aliphatic heterocycles. The Labute approximate surface area is 178 Å². The van der Waals surface area contributed by atoms with Crippen LogP contribution in [0.1, 0.15) is 18.6 Å². The maximum Gasteiger partial charge on any atom is 0.262 e. The highest BCUT2D eigenvalue weighted by Crippen LogP contribution is 2.34. The van der Waals surface area contributed by atoms with E-state index in [1.54, 1.807) is 31.4 Å². The molecule has 2 N–H and O–H groups in total. The molecule has 0 unspecified atom stereocenters. The average molecular weight is 422 g/mol. The van der Waals surface area contributed by atoms with E-state index in [4.69, 9.17) is 9.26 Å². The molecule has 0 saturated carbocycles. The standard InChI is InChI=1S/C21H22N6O4/c1-27-9-7-21(29,19(27)28)18-11-17(26-31-18)15-4-2-3-14(24-15)16-5-8-22-20(25-16)23-12-13-6-10-30-13/h2-5,8,11,13,29H,6-7,9-10,12H2,1H3,(H,22,23,25)/t13-,21-/m1/s1. The SMILES string of the molecule is CN1CC[C@@](O)(c2cc(-c3cccc(-c4ccnc(NC[C@H]5CCO5)n4)n3)no2)C1=O. The van der Waals surface area contributed by atoms with E-state index >= 15 is 0 Å². The van der Waals surface area contributed by atoms with Crippen LogP contribution in [-0.2, 0) is 15.1 Å². The summed E-state index contributed by atoms with van der Waals surface area (Å²) in [5.74, 6) is 0.232. The lowest BCUT2D eigenvalue weighted by Gasteiger charge is -2.26. The lowest BCUT2D eigenvalue weighted by Crippen LogP contribution is -2.35. The van der Waals surface area contributed by atoms with Gasteiger partial charge in [-0.3, -0.25) is 4.79 Å². The van der Waals surface area contributed by atoms with Crippen LogP contribution in [0.4, 0.5) is 5.95 Å². The maximum absolute atomic E-state index is 12.3. The number of aliphatic hydroxyl groups is 1. The number of hydrogen-bond acceptors (Lipinski definition) is 9. The van der Waals surface area contributed by atoms with E-state index in [1.165, 1.54) is 4.90 Å². The van der Waals surface area contributed by atoms with E-state index in [1.807, 2.05) is 12.1 Å². The molecule has 1 amide bonds. The molecule has 160 valence electrons. The Balaban J connectivity index is 1.38. The molecule has 10 heteroatoms.